The molecule has 1 aromatic carbocycles. The Balaban J connectivity index is 2.65. The summed E-state index contributed by atoms with van der Waals surface area (Å²) in [5.41, 5.74) is -4.19. The van der Waals surface area contributed by atoms with Crippen molar-refractivity contribution in [1.82, 2.24) is 9.97 Å². The largest absolute Gasteiger partial charge is 0.504 e. The molecule has 2 rings (SSSR count). The van der Waals surface area contributed by atoms with E-state index in [1.165, 1.54) is 6.07 Å². The second kappa shape index (κ2) is 7.29. The number of aromatic amines is 2. The Kier molecular flexibility index (Phi) is 5.15. The molecule has 12 heteroatoms. The number of ether oxygens (including phenoxy) is 1. The van der Waals surface area contributed by atoms with Gasteiger partial charge in [0.15, 0.2) is 5.75 Å². The molecule has 0 amide bonds. The minimum Gasteiger partial charge on any atom is -0.504 e. The van der Waals surface area contributed by atoms with Crippen molar-refractivity contribution in [2.24, 2.45) is 0 Å². The molecule has 1 aromatic heterocycles. The van der Waals surface area contributed by atoms with E-state index in [0.29, 0.717) is 0 Å². The monoisotopic (exact) mass is 364 g/mol. The van der Waals surface area contributed by atoms with Crippen LogP contribution < -0.4 is 16.0 Å². The summed E-state index contributed by atoms with van der Waals surface area (Å²) in [4.78, 5) is 47.2. The van der Waals surface area contributed by atoms with E-state index in [2.05, 4.69) is 4.98 Å². The minimum absolute atomic E-state index is 0.0500. The Labute approximate surface area is 143 Å². The van der Waals surface area contributed by atoms with Gasteiger partial charge < -0.3 is 14.8 Å². The number of hydrogen-bond donors (Lipinski definition) is 3. The van der Waals surface area contributed by atoms with E-state index in [1.54, 1.807) is 11.9 Å². The summed E-state index contributed by atoms with van der Waals surface area (Å²) in [6.45, 7) is 1.62. The van der Waals surface area contributed by atoms with Gasteiger partial charge in [0.2, 0.25) is 5.75 Å². The van der Waals surface area contributed by atoms with E-state index in [4.69, 9.17) is 4.74 Å². The van der Waals surface area contributed by atoms with Crippen molar-refractivity contribution in [3.63, 3.8) is 0 Å². The molecule has 0 spiro atoms. The third-order valence-electron chi connectivity index (χ3n) is 3.17. The second-order valence-corrected chi connectivity index (χ2v) is 4.80. The van der Waals surface area contributed by atoms with Gasteiger partial charge in [0, 0.05) is 0 Å². The number of aromatic hydroxyl groups is 1. The summed E-state index contributed by atoms with van der Waals surface area (Å²) in [6.07, 6.45) is 2.06. The highest BCUT2D eigenvalue weighted by Crippen LogP contribution is 2.39. The molecule has 0 aliphatic rings. The predicted octanol–water partition coefficient (Wildman–Crippen LogP) is 1.15. The number of rotatable bonds is 6. The zero-order valence-corrected chi connectivity index (χ0v) is 13.2. The molecule has 0 atom stereocenters. The van der Waals surface area contributed by atoms with E-state index < -0.39 is 43.9 Å². The Hall–Kier alpha value is -3.96. The van der Waals surface area contributed by atoms with Crippen LogP contribution in [0.1, 0.15) is 18.2 Å². The highest BCUT2D eigenvalue weighted by molar-refractivity contribution is 5.78. The molecule has 0 bridgehead atoms. The summed E-state index contributed by atoms with van der Waals surface area (Å²) in [5.74, 6) is -0.820. The van der Waals surface area contributed by atoms with Gasteiger partial charge in [-0.25, -0.2) is 4.79 Å². The number of benzene rings is 1. The summed E-state index contributed by atoms with van der Waals surface area (Å²) in [7, 11) is 0. The van der Waals surface area contributed by atoms with Crippen LogP contribution in [-0.4, -0.2) is 31.5 Å². The van der Waals surface area contributed by atoms with Gasteiger partial charge in [-0.05, 0) is 31.2 Å². The first-order valence-corrected chi connectivity index (χ1v) is 7.08. The number of nitrogens with zero attached hydrogens (tertiary/aromatic N) is 2. The predicted molar refractivity (Wildman–Crippen MR) is 89.2 cm³/mol. The molecule has 136 valence electrons. The van der Waals surface area contributed by atoms with Crippen molar-refractivity contribution in [2.45, 2.75) is 6.92 Å². The number of nitro groups is 2. The average molecular weight is 364 g/mol. The number of hydrogen-bond acceptors (Lipinski definition) is 8. The van der Waals surface area contributed by atoms with Gasteiger partial charge in [-0.2, -0.15) is 0 Å². The van der Waals surface area contributed by atoms with Crippen molar-refractivity contribution in [3.05, 3.63) is 64.5 Å². The first kappa shape index (κ1) is 18.4. The first-order valence-electron chi connectivity index (χ1n) is 7.08. The Morgan fingerprint density at radius 2 is 1.77 bits per heavy atom. The molecule has 26 heavy (non-hydrogen) atoms. The van der Waals surface area contributed by atoms with Gasteiger partial charge in [0.05, 0.1) is 22.0 Å². The molecule has 0 saturated carbocycles. The number of nitro benzene ring substituents is 1. The normalized spacial score (nSPS) is 10.8. The Morgan fingerprint density at radius 1 is 1.12 bits per heavy atom. The lowest BCUT2D eigenvalue weighted by molar-refractivity contribution is -0.386. The van der Waals surface area contributed by atoms with Crippen molar-refractivity contribution in [1.29, 1.82) is 0 Å². The third kappa shape index (κ3) is 3.58. The molecule has 1 heterocycles. The SMILES string of the molecule is CCOc1c(O)ccc(/C=C/c2[nH]c(=O)[nH]c(=O)c2[N+](=O)[O-])c1[N+](=O)[O-]. The minimum atomic E-state index is -1.21. The Morgan fingerprint density at radius 3 is 2.35 bits per heavy atom. The zero-order valence-electron chi connectivity index (χ0n) is 13.2. The van der Waals surface area contributed by atoms with Crippen LogP contribution in [0.25, 0.3) is 12.2 Å². The average Bonchev–Trinajstić information content (AvgIpc) is 2.54. The quantitative estimate of drug-likeness (QED) is 0.504. The smallest absolute Gasteiger partial charge is 0.357 e. The fraction of sp³-hybridized carbons (Fsp3) is 0.143. The number of phenols is 1. The number of nitrogens with one attached hydrogen (secondary N) is 2. The third-order valence-corrected chi connectivity index (χ3v) is 3.17. The van der Waals surface area contributed by atoms with Crippen LogP contribution in [0.5, 0.6) is 11.5 Å². The van der Waals surface area contributed by atoms with Gasteiger partial charge in [-0.15, -0.1) is 0 Å². The number of H-pyrrole nitrogens is 2. The van der Waals surface area contributed by atoms with E-state index in [0.717, 1.165) is 18.2 Å². The molecule has 0 fully saturated rings. The van der Waals surface area contributed by atoms with E-state index >= 15 is 0 Å². The lowest BCUT2D eigenvalue weighted by atomic mass is 10.1. The van der Waals surface area contributed by atoms with Crippen LogP contribution in [0, 0.1) is 20.2 Å². The second-order valence-electron chi connectivity index (χ2n) is 4.80. The first-order chi connectivity index (χ1) is 12.3. The molecule has 0 aliphatic carbocycles. The van der Waals surface area contributed by atoms with Crippen LogP contribution >= 0.6 is 0 Å². The zero-order chi connectivity index (χ0) is 19.4. The van der Waals surface area contributed by atoms with E-state index in [-0.39, 0.29) is 17.9 Å². The fourth-order valence-corrected chi connectivity index (χ4v) is 2.16. The molecular formula is C14H12N4O8. The fourth-order valence-electron chi connectivity index (χ4n) is 2.16. The molecule has 0 aliphatic heterocycles. The maximum absolute atomic E-state index is 11.6. The van der Waals surface area contributed by atoms with Crippen molar-refractivity contribution in [3.8, 4) is 11.5 Å². The van der Waals surface area contributed by atoms with Gasteiger partial charge in [0.25, 0.3) is 0 Å². The summed E-state index contributed by atoms with van der Waals surface area (Å²) in [6, 6.07) is 2.33. The maximum atomic E-state index is 11.6. The molecule has 0 saturated heterocycles. The highest BCUT2D eigenvalue weighted by Gasteiger charge is 2.24. The molecule has 3 N–H and O–H groups in total. The number of aromatic nitrogens is 2. The van der Waals surface area contributed by atoms with E-state index in [1.807, 2.05) is 0 Å². The molecule has 0 radical (unpaired) electrons. The van der Waals surface area contributed by atoms with Crippen molar-refractivity contribution in [2.75, 3.05) is 6.61 Å². The summed E-state index contributed by atoms with van der Waals surface area (Å²) >= 11 is 0. The van der Waals surface area contributed by atoms with Crippen molar-refractivity contribution >= 4 is 23.5 Å². The van der Waals surface area contributed by atoms with Crippen molar-refractivity contribution < 1.29 is 19.7 Å². The highest BCUT2D eigenvalue weighted by atomic mass is 16.6. The van der Waals surface area contributed by atoms with Gasteiger partial charge in [-0.1, -0.05) is 0 Å². The summed E-state index contributed by atoms with van der Waals surface area (Å²) in [5, 5.41) is 32.1. The van der Waals surface area contributed by atoms with Crippen LogP contribution in [0.2, 0.25) is 0 Å². The van der Waals surface area contributed by atoms with E-state index in [9.17, 15) is 34.9 Å². The molecule has 2 aromatic rings. The Bertz CT molecular complexity index is 1020. The summed E-state index contributed by atoms with van der Waals surface area (Å²) < 4.78 is 5.08. The number of phenolic OH excluding ortho intramolecular Hbond substituents is 1. The van der Waals surface area contributed by atoms with Crippen LogP contribution in [0.15, 0.2) is 21.7 Å². The topological polar surface area (TPSA) is 181 Å². The van der Waals surface area contributed by atoms with Crippen LogP contribution in [-0.2, 0) is 0 Å². The lowest BCUT2D eigenvalue weighted by Crippen LogP contribution is -2.25. The van der Waals surface area contributed by atoms with Gasteiger partial charge in [-0.3, -0.25) is 30.0 Å². The standard InChI is InChI=1S/C14H12N4O8/c1-2-26-12-9(19)6-4-7(10(12)17(22)23)3-5-8-11(18(24)25)13(20)16-14(21)15-8/h3-6,19H,2H2,1H3,(H2,15,16,20,21)/b5-3+. The maximum Gasteiger partial charge on any atom is 0.357 e. The van der Waals surface area contributed by atoms with Gasteiger partial charge in [0.1, 0.15) is 5.69 Å². The molecule has 0 unspecified atom stereocenters. The van der Waals surface area contributed by atoms with Gasteiger partial charge >= 0.3 is 22.6 Å². The molecule has 12 nitrogen and oxygen atoms in total. The molecular weight excluding hydrogens is 352 g/mol. The van der Waals surface area contributed by atoms with Crippen LogP contribution in [0.3, 0.4) is 0 Å². The van der Waals surface area contributed by atoms with Crippen LogP contribution in [0.4, 0.5) is 11.4 Å². The lowest BCUT2D eigenvalue weighted by Gasteiger charge is -2.08.